The van der Waals surface area contributed by atoms with Gasteiger partial charge >= 0.3 is 11.9 Å². The first-order valence-corrected chi connectivity index (χ1v) is 9.88. The summed E-state index contributed by atoms with van der Waals surface area (Å²) in [6, 6.07) is 7.23. The van der Waals surface area contributed by atoms with Crippen LogP contribution in [-0.4, -0.2) is 34.0 Å². The minimum atomic E-state index is -4.43. The van der Waals surface area contributed by atoms with Gasteiger partial charge in [0.2, 0.25) is 10.0 Å². The first-order chi connectivity index (χ1) is 13.1. The molecule has 0 saturated heterocycles. The van der Waals surface area contributed by atoms with Crippen molar-refractivity contribution in [2.45, 2.75) is 11.5 Å². The molecule has 0 fully saturated rings. The Morgan fingerprint density at radius 1 is 1.14 bits per heavy atom. The molecule has 2 rings (SSSR count). The summed E-state index contributed by atoms with van der Waals surface area (Å²) in [6.45, 7) is -0.928. The van der Waals surface area contributed by atoms with Crippen molar-refractivity contribution in [3.8, 4) is 0 Å². The van der Waals surface area contributed by atoms with Crippen LogP contribution in [0, 0.1) is 11.6 Å². The second-order valence-corrected chi connectivity index (χ2v) is 7.93. The fraction of sp³-hybridized carbons (Fsp3) is 0.176. The third kappa shape index (κ3) is 5.57. The van der Waals surface area contributed by atoms with E-state index in [-0.39, 0.29) is 11.1 Å². The van der Waals surface area contributed by atoms with E-state index in [4.69, 9.17) is 4.74 Å². The van der Waals surface area contributed by atoms with Crippen molar-refractivity contribution in [2.75, 3.05) is 13.7 Å². The quantitative estimate of drug-likeness (QED) is 0.615. The highest BCUT2D eigenvalue weighted by molar-refractivity contribution is 9.10. The summed E-state index contributed by atoms with van der Waals surface area (Å²) in [7, 11) is -3.18. The number of methoxy groups -OCH3 is 1. The molecule has 0 bridgehead atoms. The van der Waals surface area contributed by atoms with Crippen LogP contribution in [0.4, 0.5) is 8.78 Å². The fourth-order valence-corrected chi connectivity index (χ4v) is 4.21. The minimum Gasteiger partial charge on any atom is -0.465 e. The van der Waals surface area contributed by atoms with Crippen LogP contribution >= 0.6 is 15.9 Å². The molecule has 28 heavy (non-hydrogen) atoms. The van der Waals surface area contributed by atoms with E-state index in [0.717, 1.165) is 6.07 Å². The number of benzene rings is 2. The molecular weight excluding hydrogens is 464 g/mol. The summed E-state index contributed by atoms with van der Waals surface area (Å²) in [5, 5.41) is 0. The number of esters is 2. The van der Waals surface area contributed by atoms with Gasteiger partial charge in [0.15, 0.2) is 0 Å². The zero-order valence-corrected chi connectivity index (χ0v) is 16.8. The molecule has 1 N–H and O–H groups in total. The SMILES string of the molecule is COC(=O)c1ccc(COC(=O)CNS(=O)(=O)c2c(F)cc(F)cc2Br)cc1. The second kappa shape index (κ2) is 9.22. The fourth-order valence-electron chi connectivity index (χ4n) is 2.08. The number of nitrogens with one attached hydrogen (secondary N) is 1. The lowest BCUT2D eigenvalue weighted by molar-refractivity contribution is -0.143. The van der Waals surface area contributed by atoms with Crippen LogP contribution in [0.5, 0.6) is 0 Å². The zero-order valence-electron chi connectivity index (χ0n) is 14.4. The lowest BCUT2D eigenvalue weighted by Gasteiger charge is -2.10. The third-order valence-electron chi connectivity index (χ3n) is 3.41. The van der Waals surface area contributed by atoms with Gasteiger partial charge in [-0.1, -0.05) is 12.1 Å². The maximum Gasteiger partial charge on any atom is 0.337 e. The summed E-state index contributed by atoms with van der Waals surface area (Å²) >= 11 is 2.77. The maximum absolute atomic E-state index is 13.8. The molecule has 0 aliphatic heterocycles. The summed E-state index contributed by atoms with van der Waals surface area (Å²) < 4.78 is 62.2. The standard InChI is InChI=1S/C17H14BrF2NO6S/c1-26-17(23)11-4-2-10(3-5-11)9-27-15(22)8-21-28(24,25)16-13(18)6-12(19)7-14(16)20/h2-7,21H,8-9H2,1H3. The number of rotatable bonds is 7. The molecule has 0 saturated carbocycles. The number of sulfonamides is 1. The van der Waals surface area contributed by atoms with Crippen molar-refractivity contribution in [3.05, 3.63) is 63.6 Å². The molecule has 7 nitrogen and oxygen atoms in total. The van der Waals surface area contributed by atoms with Crippen LogP contribution in [-0.2, 0) is 30.9 Å². The van der Waals surface area contributed by atoms with Crippen molar-refractivity contribution in [1.82, 2.24) is 4.72 Å². The van der Waals surface area contributed by atoms with Gasteiger partial charge in [0.25, 0.3) is 0 Å². The monoisotopic (exact) mass is 477 g/mol. The molecule has 0 unspecified atom stereocenters. The molecule has 0 aromatic heterocycles. The van der Waals surface area contributed by atoms with Crippen LogP contribution in [0.2, 0.25) is 0 Å². The van der Waals surface area contributed by atoms with E-state index < -0.39 is 45.0 Å². The summed E-state index contributed by atoms with van der Waals surface area (Å²) in [6.07, 6.45) is 0. The van der Waals surface area contributed by atoms with Gasteiger partial charge in [-0.2, -0.15) is 4.72 Å². The first kappa shape index (κ1) is 21.9. The highest BCUT2D eigenvalue weighted by Gasteiger charge is 2.24. The van der Waals surface area contributed by atoms with Crippen LogP contribution in [0.1, 0.15) is 15.9 Å². The molecule has 0 amide bonds. The Kier molecular flexibility index (Phi) is 7.22. The molecule has 2 aromatic rings. The van der Waals surface area contributed by atoms with Gasteiger partial charge in [0.1, 0.15) is 29.7 Å². The van der Waals surface area contributed by atoms with E-state index in [1.165, 1.54) is 31.4 Å². The topological polar surface area (TPSA) is 98.8 Å². The van der Waals surface area contributed by atoms with E-state index in [1.807, 2.05) is 4.72 Å². The number of hydrogen-bond acceptors (Lipinski definition) is 6. The predicted octanol–water partition coefficient (Wildman–Crippen LogP) is 2.54. The Labute approximate surface area is 167 Å². The van der Waals surface area contributed by atoms with Crippen LogP contribution in [0.25, 0.3) is 0 Å². The number of carbonyl (C=O) groups excluding carboxylic acids is 2. The van der Waals surface area contributed by atoms with Gasteiger partial charge in [-0.15, -0.1) is 0 Å². The largest absolute Gasteiger partial charge is 0.465 e. The van der Waals surface area contributed by atoms with E-state index in [1.54, 1.807) is 0 Å². The maximum atomic E-state index is 13.8. The summed E-state index contributed by atoms with van der Waals surface area (Å²) in [4.78, 5) is 22.3. The van der Waals surface area contributed by atoms with E-state index in [0.29, 0.717) is 17.2 Å². The molecule has 150 valence electrons. The Hall–Kier alpha value is -2.37. The average molecular weight is 478 g/mol. The van der Waals surface area contributed by atoms with Gasteiger partial charge in [-0.05, 0) is 39.7 Å². The van der Waals surface area contributed by atoms with Crippen molar-refractivity contribution in [3.63, 3.8) is 0 Å². The highest BCUT2D eigenvalue weighted by atomic mass is 79.9. The molecule has 2 aromatic carbocycles. The number of hydrogen-bond donors (Lipinski definition) is 1. The number of ether oxygens (including phenoxy) is 2. The smallest absolute Gasteiger partial charge is 0.337 e. The van der Waals surface area contributed by atoms with Gasteiger partial charge in [0.05, 0.1) is 12.7 Å². The zero-order chi connectivity index (χ0) is 20.9. The Morgan fingerprint density at radius 2 is 1.79 bits per heavy atom. The molecule has 0 spiro atoms. The van der Waals surface area contributed by atoms with Gasteiger partial charge < -0.3 is 9.47 Å². The average Bonchev–Trinajstić information content (AvgIpc) is 2.63. The van der Waals surface area contributed by atoms with Crippen molar-refractivity contribution < 1.29 is 36.3 Å². The first-order valence-electron chi connectivity index (χ1n) is 7.61. The molecular formula is C17H14BrF2NO6S. The molecule has 0 aliphatic carbocycles. The molecule has 0 radical (unpaired) electrons. The van der Waals surface area contributed by atoms with Crippen molar-refractivity contribution >= 4 is 37.9 Å². The lowest BCUT2D eigenvalue weighted by atomic mass is 10.1. The number of carbonyl (C=O) groups is 2. The lowest BCUT2D eigenvalue weighted by Crippen LogP contribution is -2.31. The van der Waals surface area contributed by atoms with Gasteiger partial charge in [-0.25, -0.2) is 22.0 Å². The van der Waals surface area contributed by atoms with Crippen LogP contribution in [0.3, 0.4) is 0 Å². The van der Waals surface area contributed by atoms with E-state index in [2.05, 4.69) is 20.7 Å². The number of halogens is 3. The Balaban J connectivity index is 1.94. The molecule has 0 heterocycles. The summed E-state index contributed by atoms with van der Waals surface area (Å²) in [5.41, 5.74) is 0.869. The van der Waals surface area contributed by atoms with Crippen LogP contribution < -0.4 is 4.72 Å². The highest BCUT2D eigenvalue weighted by Crippen LogP contribution is 2.26. The summed E-state index contributed by atoms with van der Waals surface area (Å²) in [5.74, 6) is -3.70. The van der Waals surface area contributed by atoms with Crippen molar-refractivity contribution in [1.29, 1.82) is 0 Å². The predicted molar refractivity (Wildman–Crippen MR) is 96.8 cm³/mol. The minimum absolute atomic E-state index is 0.170. The van der Waals surface area contributed by atoms with Crippen LogP contribution in [0.15, 0.2) is 45.8 Å². The molecule has 0 aliphatic rings. The van der Waals surface area contributed by atoms with Gasteiger partial charge in [-0.3, -0.25) is 4.79 Å². The second-order valence-electron chi connectivity index (χ2n) is 5.37. The third-order valence-corrected chi connectivity index (χ3v) is 5.78. The molecule has 0 atom stereocenters. The van der Waals surface area contributed by atoms with E-state index >= 15 is 0 Å². The molecule has 11 heteroatoms. The van der Waals surface area contributed by atoms with E-state index in [9.17, 15) is 26.8 Å². The Bertz CT molecular complexity index is 972. The van der Waals surface area contributed by atoms with Gasteiger partial charge in [0, 0.05) is 10.5 Å². The normalized spacial score (nSPS) is 11.1. The van der Waals surface area contributed by atoms with Crippen molar-refractivity contribution in [2.24, 2.45) is 0 Å². The Morgan fingerprint density at radius 3 is 2.36 bits per heavy atom.